The molecule has 0 heterocycles. The van der Waals surface area contributed by atoms with Crippen LogP contribution in [0.15, 0.2) is 24.3 Å². The molecule has 136 valence electrons. The van der Waals surface area contributed by atoms with Crippen molar-refractivity contribution in [2.75, 3.05) is 14.2 Å². The fraction of sp³-hybridized carbons (Fsp3) is 0.400. The van der Waals surface area contributed by atoms with Crippen molar-refractivity contribution >= 4 is 34.8 Å². The first kappa shape index (κ1) is 20.2. The van der Waals surface area contributed by atoms with E-state index in [0.717, 1.165) is 28.1 Å². The molecule has 0 aliphatic carbocycles. The van der Waals surface area contributed by atoms with Crippen LogP contribution in [0.4, 0.5) is 0 Å². The molecule has 0 spiro atoms. The van der Waals surface area contributed by atoms with E-state index in [1.807, 2.05) is 18.2 Å². The molecule has 0 aliphatic heterocycles. The molecule has 0 bridgehead atoms. The van der Waals surface area contributed by atoms with Crippen LogP contribution in [-0.4, -0.2) is 14.2 Å². The summed E-state index contributed by atoms with van der Waals surface area (Å²) in [7, 11) is 3.22. The van der Waals surface area contributed by atoms with Crippen molar-refractivity contribution in [1.29, 1.82) is 0 Å². The lowest BCUT2D eigenvalue weighted by atomic mass is 9.91. The highest BCUT2D eigenvalue weighted by Gasteiger charge is 2.20. The second-order valence-electron chi connectivity index (χ2n) is 6.43. The number of hydrogen-bond acceptors (Lipinski definition) is 2. The van der Waals surface area contributed by atoms with E-state index in [4.69, 9.17) is 44.3 Å². The zero-order valence-corrected chi connectivity index (χ0v) is 17.4. The van der Waals surface area contributed by atoms with Crippen LogP contribution in [0.3, 0.4) is 0 Å². The molecule has 2 nitrogen and oxygen atoms in total. The van der Waals surface area contributed by atoms with Gasteiger partial charge >= 0.3 is 0 Å². The maximum atomic E-state index is 6.63. The second kappa shape index (κ2) is 8.53. The molecule has 0 saturated heterocycles. The lowest BCUT2D eigenvalue weighted by molar-refractivity contribution is 0.393. The number of halogens is 3. The molecule has 0 aromatic heterocycles. The monoisotopic (exact) mass is 400 g/mol. The van der Waals surface area contributed by atoms with Gasteiger partial charge in [-0.3, -0.25) is 0 Å². The minimum atomic E-state index is 0.134. The van der Waals surface area contributed by atoms with Gasteiger partial charge < -0.3 is 9.47 Å². The fourth-order valence-electron chi connectivity index (χ4n) is 2.96. The van der Waals surface area contributed by atoms with Gasteiger partial charge in [0.1, 0.15) is 11.5 Å². The van der Waals surface area contributed by atoms with E-state index in [2.05, 4.69) is 20.8 Å². The minimum Gasteiger partial charge on any atom is -0.497 e. The van der Waals surface area contributed by atoms with Gasteiger partial charge in [0.15, 0.2) is 0 Å². The maximum Gasteiger partial charge on any atom is 0.141 e. The Morgan fingerprint density at radius 1 is 0.920 bits per heavy atom. The molecular weight excluding hydrogens is 379 g/mol. The molecule has 0 amide bonds. The highest BCUT2D eigenvalue weighted by atomic mass is 35.5. The third kappa shape index (κ3) is 4.36. The molecule has 0 saturated carbocycles. The molecule has 2 rings (SSSR count). The Kier molecular flexibility index (Phi) is 6.90. The summed E-state index contributed by atoms with van der Waals surface area (Å²) in [6.45, 7) is 6.29. The molecule has 0 aliphatic rings. The summed E-state index contributed by atoms with van der Waals surface area (Å²) in [5.41, 5.74) is 3.01. The molecule has 0 radical (unpaired) electrons. The van der Waals surface area contributed by atoms with Crippen LogP contribution >= 0.6 is 34.8 Å². The number of rotatable bonds is 6. The van der Waals surface area contributed by atoms with Crippen LogP contribution in [-0.2, 0) is 6.42 Å². The van der Waals surface area contributed by atoms with Crippen LogP contribution in [0.2, 0.25) is 15.1 Å². The predicted molar refractivity (Wildman–Crippen MR) is 107 cm³/mol. The molecule has 0 fully saturated rings. The van der Waals surface area contributed by atoms with Crippen LogP contribution in [0.1, 0.15) is 49.3 Å². The van der Waals surface area contributed by atoms with Crippen molar-refractivity contribution in [3.8, 4) is 11.5 Å². The first-order valence-electron chi connectivity index (χ1n) is 8.18. The van der Waals surface area contributed by atoms with Crippen LogP contribution in [0.5, 0.6) is 11.5 Å². The Labute approximate surface area is 165 Å². The predicted octanol–water partition coefficient (Wildman–Crippen LogP) is 7.13. The lowest BCUT2D eigenvalue weighted by Crippen LogP contribution is -2.04. The van der Waals surface area contributed by atoms with Crippen molar-refractivity contribution in [2.45, 2.75) is 39.0 Å². The second-order valence-corrected chi connectivity index (χ2v) is 7.59. The van der Waals surface area contributed by atoms with Crippen LogP contribution in [0.25, 0.3) is 0 Å². The lowest BCUT2D eigenvalue weighted by Gasteiger charge is -2.20. The van der Waals surface area contributed by atoms with E-state index in [1.165, 1.54) is 0 Å². The number of hydrogen-bond donors (Lipinski definition) is 0. The Bertz CT molecular complexity index is 757. The highest BCUT2D eigenvalue weighted by molar-refractivity contribution is 6.36. The van der Waals surface area contributed by atoms with Crippen LogP contribution in [0, 0.1) is 0 Å². The third-order valence-electron chi connectivity index (χ3n) is 4.34. The normalized spacial score (nSPS) is 12.4. The molecule has 2 aromatic rings. The Morgan fingerprint density at radius 3 is 2.16 bits per heavy atom. The number of methoxy groups -OCH3 is 2. The van der Waals surface area contributed by atoms with Crippen molar-refractivity contribution in [3.05, 3.63) is 56.0 Å². The van der Waals surface area contributed by atoms with Gasteiger partial charge in [0.2, 0.25) is 0 Å². The Morgan fingerprint density at radius 2 is 1.60 bits per heavy atom. The van der Waals surface area contributed by atoms with E-state index in [0.29, 0.717) is 21.5 Å². The minimum absolute atomic E-state index is 0.134. The quantitative estimate of drug-likeness (QED) is 0.512. The average molecular weight is 402 g/mol. The summed E-state index contributed by atoms with van der Waals surface area (Å²) >= 11 is 19.5. The zero-order valence-electron chi connectivity index (χ0n) is 15.1. The van der Waals surface area contributed by atoms with Gasteiger partial charge in [0.05, 0.1) is 19.2 Å². The zero-order chi connectivity index (χ0) is 18.7. The number of ether oxygens (including phenoxy) is 2. The Hall–Kier alpha value is -1.09. The number of benzene rings is 2. The van der Waals surface area contributed by atoms with E-state index < -0.39 is 0 Å². The smallest absolute Gasteiger partial charge is 0.141 e. The van der Waals surface area contributed by atoms with E-state index in [-0.39, 0.29) is 11.8 Å². The average Bonchev–Trinajstić information content (AvgIpc) is 2.57. The van der Waals surface area contributed by atoms with Crippen molar-refractivity contribution < 1.29 is 9.47 Å². The summed E-state index contributed by atoms with van der Waals surface area (Å²) in [6.07, 6.45) is 0.742. The van der Waals surface area contributed by atoms with Gasteiger partial charge in [-0.25, -0.2) is 0 Å². The first-order chi connectivity index (χ1) is 11.8. The van der Waals surface area contributed by atoms with Crippen molar-refractivity contribution in [3.63, 3.8) is 0 Å². The Balaban J connectivity index is 2.41. The molecule has 5 heteroatoms. The third-order valence-corrected chi connectivity index (χ3v) is 5.52. The largest absolute Gasteiger partial charge is 0.497 e. The van der Waals surface area contributed by atoms with Gasteiger partial charge in [0, 0.05) is 16.1 Å². The maximum absolute atomic E-state index is 6.63. The van der Waals surface area contributed by atoms with Crippen molar-refractivity contribution in [2.24, 2.45) is 0 Å². The van der Waals surface area contributed by atoms with Gasteiger partial charge in [-0.1, -0.05) is 61.6 Å². The molecule has 25 heavy (non-hydrogen) atoms. The van der Waals surface area contributed by atoms with E-state index >= 15 is 0 Å². The van der Waals surface area contributed by atoms with Crippen LogP contribution < -0.4 is 9.47 Å². The highest BCUT2D eigenvalue weighted by Crippen LogP contribution is 2.40. The summed E-state index contributed by atoms with van der Waals surface area (Å²) in [5, 5.41) is 2.04. The van der Waals surface area contributed by atoms with E-state index in [1.54, 1.807) is 20.3 Å². The molecule has 2 aromatic carbocycles. The van der Waals surface area contributed by atoms with Crippen molar-refractivity contribution in [1.82, 2.24) is 0 Å². The molecule has 1 atom stereocenters. The SMILES string of the molecule is COc1cc(OC)c(Cl)c(C(C)Cc2ccc(Cl)c(C(C)C)c2Cl)c1. The summed E-state index contributed by atoms with van der Waals surface area (Å²) in [6, 6.07) is 7.63. The first-order valence-corrected chi connectivity index (χ1v) is 9.31. The molecule has 0 N–H and O–H groups in total. The summed E-state index contributed by atoms with van der Waals surface area (Å²) in [4.78, 5) is 0. The van der Waals surface area contributed by atoms with Gasteiger partial charge in [0.25, 0.3) is 0 Å². The topological polar surface area (TPSA) is 18.5 Å². The fourth-order valence-corrected chi connectivity index (χ4v) is 4.22. The summed E-state index contributed by atoms with van der Waals surface area (Å²) in [5.74, 6) is 1.71. The molecular formula is C20H23Cl3O2. The van der Waals surface area contributed by atoms with Gasteiger partial charge in [-0.2, -0.15) is 0 Å². The van der Waals surface area contributed by atoms with Gasteiger partial charge in [-0.15, -0.1) is 0 Å². The standard InChI is InChI=1S/C20H23Cl3O2/c1-11(2)18-16(21)7-6-13(19(18)22)8-12(3)15-9-14(24-4)10-17(25-5)20(15)23/h6-7,9-12H,8H2,1-5H3. The molecule has 1 unspecified atom stereocenters. The van der Waals surface area contributed by atoms with Gasteiger partial charge in [-0.05, 0) is 47.1 Å². The van der Waals surface area contributed by atoms with E-state index in [9.17, 15) is 0 Å². The summed E-state index contributed by atoms with van der Waals surface area (Å²) < 4.78 is 10.7.